The molecule has 4 rings (SSSR count). The summed E-state index contributed by atoms with van der Waals surface area (Å²) in [6.07, 6.45) is 2.18. The number of ether oxygens (including phenoxy) is 1. The second-order valence-electron chi connectivity index (χ2n) is 7.36. The topological polar surface area (TPSA) is 69.0 Å². The number of carbonyl (C=O) groups excluding carboxylic acids is 1. The Morgan fingerprint density at radius 2 is 1.68 bits per heavy atom. The van der Waals surface area contributed by atoms with E-state index >= 15 is 0 Å². The summed E-state index contributed by atoms with van der Waals surface area (Å²) >= 11 is 0. The van der Waals surface area contributed by atoms with Gasteiger partial charge in [0.15, 0.2) is 0 Å². The Bertz CT molecular complexity index is 1120. The number of hydrogen-bond donors (Lipinski definition) is 1. The Morgan fingerprint density at radius 1 is 0.935 bits per heavy atom. The number of rotatable bonds is 8. The minimum Gasteiger partial charge on any atom is -0.487 e. The largest absolute Gasteiger partial charge is 0.487 e. The monoisotopic (exact) mass is 412 g/mol. The van der Waals surface area contributed by atoms with E-state index in [4.69, 9.17) is 4.74 Å². The molecule has 0 saturated carbocycles. The fourth-order valence-electron chi connectivity index (χ4n) is 3.09. The molecule has 1 amide bonds. The lowest BCUT2D eigenvalue weighted by molar-refractivity contribution is -0.120. The lowest BCUT2D eigenvalue weighted by Crippen LogP contribution is -2.24. The number of carbonyl (C=O) groups is 1. The first-order valence-electron chi connectivity index (χ1n) is 10.2. The fourth-order valence-corrected chi connectivity index (χ4v) is 3.09. The lowest BCUT2D eigenvalue weighted by atomic mass is 10.1. The van der Waals surface area contributed by atoms with Gasteiger partial charge < -0.3 is 10.1 Å². The van der Waals surface area contributed by atoms with Crippen molar-refractivity contribution >= 4 is 5.91 Å². The second kappa shape index (κ2) is 9.71. The summed E-state index contributed by atoms with van der Waals surface area (Å²) in [5.74, 6) is 0.794. The third kappa shape index (κ3) is 5.79. The molecule has 31 heavy (non-hydrogen) atoms. The lowest BCUT2D eigenvalue weighted by Gasteiger charge is -2.06. The molecular weight excluding hydrogens is 388 g/mol. The predicted octanol–water partition coefficient (Wildman–Crippen LogP) is 4.01. The molecule has 4 aromatic rings. The zero-order valence-electron chi connectivity index (χ0n) is 17.4. The molecule has 0 spiro atoms. The van der Waals surface area contributed by atoms with Crippen molar-refractivity contribution < 1.29 is 9.53 Å². The van der Waals surface area contributed by atoms with Crippen LogP contribution in [0.1, 0.15) is 22.4 Å². The van der Waals surface area contributed by atoms with E-state index in [0.717, 1.165) is 28.3 Å². The molecule has 0 unspecified atom stereocenters. The number of hydrogen-bond acceptors (Lipinski definition) is 4. The van der Waals surface area contributed by atoms with Crippen LogP contribution >= 0.6 is 0 Å². The highest BCUT2D eigenvalue weighted by atomic mass is 16.5. The molecule has 3 aromatic carbocycles. The Labute approximate surface area is 181 Å². The van der Waals surface area contributed by atoms with E-state index in [1.807, 2.05) is 92.0 Å². The second-order valence-corrected chi connectivity index (χ2v) is 7.36. The number of amides is 1. The first-order chi connectivity index (χ1) is 15.2. The number of nitrogens with zero attached hydrogens (tertiary/aromatic N) is 3. The number of nitrogens with one attached hydrogen (secondary N) is 1. The molecule has 0 atom stereocenters. The van der Waals surface area contributed by atoms with E-state index in [2.05, 4.69) is 15.6 Å². The molecule has 6 heteroatoms. The van der Waals surface area contributed by atoms with Crippen molar-refractivity contribution in [2.75, 3.05) is 0 Å². The predicted molar refractivity (Wildman–Crippen MR) is 119 cm³/mol. The van der Waals surface area contributed by atoms with Gasteiger partial charge in [-0.1, -0.05) is 65.4 Å². The Balaban J connectivity index is 1.29. The maximum atomic E-state index is 12.2. The van der Waals surface area contributed by atoms with Crippen LogP contribution in [0.4, 0.5) is 0 Å². The van der Waals surface area contributed by atoms with Gasteiger partial charge in [-0.2, -0.15) is 0 Å². The molecule has 0 bridgehead atoms. The van der Waals surface area contributed by atoms with Crippen LogP contribution in [-0.4, -0.2) is 20.9 Å². The van der Waals surface area contributed by atoms with Crippen LogP contribution in [0.5, 0.6) is 5.75 Å². The summed E-state index contributed by atoms with van der Waals surface area (Å²) in [5.41, 5.74) is 4.83. The summed E-state index contributed by atoms with van der Waals surface area (Å²) in [7, 11) is 0. The van der Waals surface area contributed by atoms with Crippen molar-refractivity contribution in [2.45, 2.75) is 26.5 Å². The van der Waals surface area contributed by atoms with E-state index in [9.17, 15) is 4.79 Å². The average molecular weight is 412 g/mol. The first kappa shape index (κ1) is 20.3. The van der Waals surface area contributed by atoms with Crippen molar-refractivity contribution in [3.63, 3.8) is 0 Å². The molecule has 0 fully saturated rings. The van der Waals surface area contributed by atoms with Crippen molar-refractivity contribution in [2.24, 2.45) is 0 Å². The van der Waals surface area contributed by atoms with Crippen molar-refractivity contribution in [1.82, 2.24) is 20.3 Å². The fraction of sp³-hybridized carbons (Fsp3) is 0.160. The quantitative estimate of drug-likeness (QED) is 0.475. The van der Waals surface area contributed by atoms with Gasteiger partial charge in [-0.3, -0.25) is 4.79 Å². The van der Waals surface area contributed by atoms with E-state index in [1.165, 1.54) is 5.56 Å². The summed E-state index contributed by atoms with van der Waals surface area (Å²) in [6, 6.07) is 25.5. The maximum absolute atomic E-state index is 12.2. The summed E-state index contributed by atoms with van der Waals surface area (Å²) < 4.78 is 7.46. The number of benzene rings is 3. The van der Waals surface area contributed by atoms with Crippen LogP contribution in [0.25, 0.3) is 5.69 Å². The first-order valence-corrected chi connectivity index (χ1v) is 10.2. The molecule has 0 aliphatic carbocycles. The van der Waals surface area contributed by atoms with Gasteiger partial charge in [0.1, 0.15) is 18.1 Å². The highest BCUT2D eigenvalue weighted by Crippen LogP contribution is 2.14. The van der Waals surface area contributed by atoms with Crippen molar-refractivity contribution in [3.8, 4) is 11.4 Å². The molecule has 0 aliphatic rings. The third-order valence-corrected chi connectivity index (χ3v) is 4.85. The smallest absolute Gasteiger partial charge is 0.224 e. The normalized spacial score (nSPS) is 10.6. The van der Waals surface area contributed by atoms with Gasteiger partial charge >= 0.3 is 0 Å². The van der Waals surface area contributed by atoms with E-state index < -0.39 is 0 Å². The van der Waals surface area contributed by atoms with Gasteiger partial charge in [0.05, 0.1) is 18.3 Å². The standard InChI is InChI=1S/C25H24N4O2/c1-19-7-13-24(14-8-19)31-18-22-17-29(28-27-22)23-11-9-20(10-12-23)15-25(30)26-16-21-5-3-2-4-6-21/h2-14,17H,15-16,18H2,1H3,(H,26,30). The summed E-state index contributed by atoms with van der Waals surface area (Å²) in [5, 5.41) is 11.3. The minimum absolute atomic E-state index is 0.00657. The maximum Gasteiger partial charge on any atom is 0.224 e. The average Bonchev–Trinajstić information content (AvgIpc) is 3.28. The molecular formula is C25H24N4O2. The minimum atomic E-state index is -0.00657. The van der Waals surface area contributed by atoms with Crippen molar-refractivity contribution in [1.29, 1.82) is 0 Å². The Morgan fingerprint density at radius 3 is 2.42 bits per heavy atom. The molecule has 1 N–H and O–H groups in total. The zero-order valence-corrected chi connectivity index (χ0v) is 17.4. The van der Waals surface area contributed by atoms with Gasteiger partial charge in [-0.25, -0.2) is 4.68 Å². The van der Waals surface area contributed by atoms with Gasteiger partial charge in [0.25, 0.3) is 0 Å². The Hall–Kier alpha value is -3.93. The Kier molecular flexibility index (Phi) is 6.38. The molecule has 156 valence electrons. The molecule has 0 radical (unpaired) electrons. The SMILES string of the molecule is Cc1ccc(OCc2cn(-c3ccc(CC(=O)NCc4ccccc4)cc3)nn2)cc1. The molecule has 1 heterocycles. The number of aromatic nitrogens is 3. The van der Waals surface area contributed by atoms with E-state index in [0.29, 0.717) is 19.6 Å². The van der Waals surface area contributed by atoms with Crippen LogP contribution in [-0.2, 0) is 24.4 Å². The molecule has 1 aromatic heterocycles. The summed E-state index contributed by atoms with van der Waals surface area (Å²) in [6.45, 7) is 2.92. The van der Waals surface area contributed by atoms with E-state index in [1.54, 1.807) is 4.68 Å². The van der Waals surface area contributed by atoms with Gasteiger partial charge in [-0.15, -0.1) is 5.10 Å². The van der Waals surface area contributed by atoms with Crippen LogP contribution in [0, 0.1) is 6.92 Å². The highest BCUT2D eigenvalue weighted by Gasteiger charge is 2.07. The molecule has 0 aliphatic heterocycles. The van der Waals surface area contributed by atoms with Gasteiger partial charge in [-0.05, 0) is 42.3 Å². The van der Waals surface area contributed by atoms with Gasteiger partial charge in [0.2, 0.25) is 5.91 Å². The van der Waals surface area contributed by atoms with Crippen LogP contribution in [0.15, 0.2) is 85.1 Å². The summed E-state index contributed by atoms with van der Waals surface area (Å²) in [4.78, 5) is 12.2. The van der Waals surface area contributed by atoms with Gasteiger partial charge in [0, 0.05) is 6.54 Å². The highest BCUT2D eigenvalue weighted by molar-refractivity contribution is 5.78. The molecule has 6 nitrogen and oxygen atoms in total. The number of aryl methyl sites for hydroxylation is 1. The van der Waals surface area contributed by atoms with Crippen molar-refractivity contribution in [3.05, 3.63) is 107 Å². The van der Waals surface area contributed by atoms with Crippen LogP contribution < -0.4 is 10.1 Å². The third-order valence-electron chi connectivity index (χ3n) is 4.85. The van der Waals surface area contributed by atoms with Crippen LogP contribution in [0.2, 0.25) is 0 Å². The van der Waals surface area contributed by atoms with Crippen LogP contribution in [0.3, 0.4) is 0 Å². The zero-order chi connectivity index (χ0) is 21.5. The molecule has 0 saturated heterocycles. The van der Waals surface area contributed by atoms with E-state index in [-0.39, 0.29) is 5.91 Å².